The third kappa shape index (κ3) is 1.85. The molecule has 0 spiro atoms. The maximum atomic E-state index is 11.9. The number of hydrogen-bond acceptors (Lipinski definition) is 6. The van der Waals surface area contributed by atoms with Gasteiger partial charge in [0.15, 0.2) is 17.3 Å². The van der Waals surface area contributed by atoms with Gasteiger partial charge in [-0.1, -0.05) is 0 Å². The molecule has 0 saturated heterocycles. The number of carbonyl (C=O) groups is 3. The van der Waals surface area contributed by atoms with Gasteiger partial charge in [-0.15, -0.1) is 0 Å². The zero-order valence-electron chi connectivity index (χ0n) is 10.7. The molecule has 1 aliphatic carbocycles. The van der Waals surface area contributed by atoms with Gasteiger partial charge in [0, 0.05) is 5.56 Å². The fourth-order valence-electron chi connectivity index (χ4n) is 2.08. The maximum absolute atomic E-state index is 11.9. The largest absolute Gasteiger partial charge is 0.493 e. The Kier molecular flexibility index (Phi) is 3.25. The monoisotopic (exact) mass is 264 g/mol. The molecular weight excluding hydrogens is 252 g/mol. The number of Topliss-reactive ketones (excluding diaryl/α,β-unsaturated/α-hetero) is 3. The summed E-state index contributed by atoms with van der Waals surface area (Å²) in [6.45, 7) is 0. The van der Waals surface area contributed by atoms with E-state index in [0.717, 1.165) is 0 Å². The molecule has 0 unspecified atom stereocenters. The van der Waals surface area contributed by atoms with Crippen molar-refractivity contribution in [2.24, 2.45) is 0 Å². The first-order valence-corrected chi connectivity index (χ1v) is 5.48. The third-order valence-corrected chi connectivity index (χ3v) is 2.93. The topological polar surface area (TPSA) is 78.9 Å². The average Bonchev–Trinajstić information content (AvgIpc) is 2.42. The first-order chi connectivity index (χ1) is 9.04. The summed E-state index contributed by atoms with van der Waals surface area (Å²) in [7, 11) is 4.14. The molecule has 100 valence electrons. The lowest BCUT2D eigenvalue weighted by Crippen LogP contribution is -2.27. The zero-order chi connectivity index (χ0) is 14.2. The van der Waals surface area contributed by atoms with Crippen molar-refractivity contribution in [1.82, 2.24) is 0 Å². The van der Waals surface area contributed by atoms with E-state index in [1.165, 1.54) is 27.4 Å². The van der Waals surface area contributed by atoms with Gasteiger partial charge in [-0.2, -0.15) is 0 Å². The summed E-state index contributed by atoms with van der Waals surface area (Å²) >= 11 is 0. The van der Waals surface area contributed by atoms with E-state index in [1.807, 2.05) is 0 Å². The number of methoxy groups -OCH3 is 3. The van der Waals surface area contributed by atoms with Gasteiger partial charge < -0.3 is 14.2 Å². The van der Waals surface area contributed by atoms with Crippen molar-refractivity contribution in [1.29, 1.82) is 0 Å². The second kappa shape index (κ2) is 4.72. The van der Waals surface area contributed by atoms with Gasteiger partial charge >= 0.3 is 0 Å². The highest BCUT2D eigenvalue weighted by atomic mass is 16.5. The van der Waals surface area contributed by atoms with E-state index in [1.54, 1.807) is 0 Å². The molecule has 0 saturated carbocycles. The first kappa shape index (κ1) is 13.1. The Balaban J connectivity index is 2.82. The van der Waals surface area contributed by atoms with Crippen molar-refractivity contribution in [3.63, 3.8) is 0 Å². The van der Waals surface area contributed by atoms with Crippen molar-refractivity contribution < 1.29 is 28.6 Å². The molecule has 1 aliphatic rings. The highest BCUT2D eigenvalue weighted by molar-refractivity contribution is 6.51. The highest BCUT2D eigenvalue weighted by Crippen LogP contribution is 2.43. The van der Waals surface area contributed by atoms with Crippen LogP contribution >= 0.6 is 0 Å². The molecular formula is C13H12O6. The number of hydrogen-bond donors (Lipinski definition) is 0. The van der Waals surface area contributed by atoms with Crippen molar-refractivity contribution in [3.8, 4) is 17.2 Å². The van der Waals surface area contributed by atoms with Crippen molar-refractivity contribution >= 4 is 17.3 Å². The van der Waals surface area contributed by atoms with E-state index >= 15 is 0 Å². The lowest BCUT2D eigenvalue weighted by Gasteiger charge is -2.20. The fraction of sp³-hybridized carbons (Fsp3) is 0.308. The minimum atomic E-state index is -0.730. The van der Waals surface area contributed by atoms with Crippen LogP contribution in [0.4, 0.5) is 0 Å². The minimum absolute atomic E-state index is 0.00394. The molecule has 2 rings (SSSR count). The Labute approximate surface area is 109 Å². The number of rotatable bonds is 3. The summed E-state index contributed by atoms with van der Waals surface area (Å²) in [5.41, 5.74) is 0.0699. The van der Waals surface area contributed by atoms with Gasteiger partial charge in [0.2, 0.25) is 17.3 Å². The molecule has 1 aromatic rings. The number of fused-ring (bicyclic) bond motifs is 1. The lowest BCUT2D eigenvalue weighted by molar-refractivity contribution is -0.114. The van der Waals surface area contributed by atoms with Crippen LogP contribution < -0.4 is 14.2 Å². The molecule has 0 amide bonds. The van der Waals surface area contributed by atoms with E-state index in [9.17, 15) is 14.4 Å². The van der Waals surface area contributed by atoms with Gasteiger partial charge in [-0.25, -0.2) is 0 Å². The summed E-state index contributed by atoms with van der Waals surface area (Å²) < 4.78 is 15.4. The van der Waals surface area contributed by atoms with E-state index in [4.69, 9.17) is 14.2 Å². The fourth-order valence-corrected chi connectivity index (χ4v) is 2.08. The van der Waals surface area contributed by atoms with Crippen molar-refractivity contribution in [3.05, 3.63) is 17.2 Å². The molecule has 0 radical (unpaired) electrons. The SMILES string of the molecule is COc1cc2c(c(OC)c1OC)C(=O)CC(=O)C2=O. The number of carbonyl (C=O) groups excluding carboxylic acids is 3. The number of benzene rings is 1. The standard InChI is InChI=1S/C13H12O6/c1-17-9-4-6-10(13(19-3)12(9)18-2)7(14)5-8(15)11(6)16/h4H,5H2,1-3H3. The van der Waals surface area contributed by atoms with E-state index in [2.05, 4.69) is 0 Å². The van der Waals surface area contributed by atoms with Gasteiger partial charge in [-0.05, 0) is 6.07 Å². The van der Waals surface area contributed by atoms with Gasteiger partial charge in [0.25, 0.3) is 0 Å². The van der Waals surface area contributed by atoms with Crippen LogP contribution in [0.2, 0.25) is 0 Å². The van der Waals surface area contributed by atoms with Crippen LogP contribution in [0.3, 0.4) is 0 Å². The molecule has 0 fully saturated rings. The molecule has 0 atom stereocenters. The number of ketones is 3. The lowest BCUT2D eigenvalue weighted by atomic mass is 9.87. The molecule has 6 nitrogen and oxygen atoms in total. The van der Waals surface area contributed by atoms with Crippen LogP contribution in [0, 0.1) is 0 Å². The highest BCUT2D eigenvalue weighted by Gasteiger charge is 2.36. The smallest absolute Gasteiger partial charge is 0.230 e. The Hall–Kier alpha value is -2.37. The number of ether oxygens (including phenoxy) is 3. The first-order valence-electron chi connectivity index (χ1n) is 5.48. The molecule has 19 heavy (non-hydrogen) atoms. The van der Waals surface area contributed by atoms with Crippen molar-refractivity contribution in [2.75, 3.05) is 21.3 Å². The molecule has 0 bridgehead atoms. The summed E-state index contributed by atoms with van der Waals surface area (Å²) in [5, 5.41) is 0. The second-order valence-electron chi connectivity index (χ2n) is 3.92. The van der Waals surface area contributed by atoms with E-state index in [-0.39, 0.29) is 28.4 Å². The summed E-state index contributed by atoms with van der Waals surface area (Å²) in [6, 6.07) is 1.33. The summed E-state index contributed by atoms with van der Waals surface area (Å²) in [4.78, 5) is 35.2. The predicted octanol–water partition coefficient (Wildman–Crippen LogP) is 1.05. The average molecular weight is 264 g/mol. The minimum Gasteiger partial charge on any atom is -0.493 e. The molecule has 6 heteroatoms. The Bertz CT molecular complexity index is 587. The van der Waals surface area contributed by atoms with Crippen LogP contribution in [0.15, 0.2) is 6.07 Å². The third-order valence-electron chi connectivity index (χ3n) is 2.93. The maximum Gasteiger partial charge on any atom is 0.230 e. The van der Waals surface area contributed by atoms with Crippen LogP contribution in [-0.4, -0.2) is 38.7 Å². The quantitative estimate of drug-likeness (QED) is 0.599. The van der Waals surface area contributed by atoms with Crippen LogP contribution in [0.1, 0.15) is 27.1 Å². The molecule has 0 N–H and O–H groups in total. The summed E-state index contributed by atoms with van der Waals surface area (Å²) in [6.07, 6.45) is -0.447. The Morgan fingerprint density at radius 1 is 0.895 bits per heavy atom. The van der Waals surface area contributed by atoms with Gasteiger partial charge in [0.1, 0.15) is 0 Å². The van der Waals surface area contributed by atoms with Crippen LogP contribution in [0.5, 0.6) is 17.2 Å². The Morgan fingerprint density at radius 3 is 2.05 bits per heavy atom. The Morgan fingerprint density at radius 2 is 1.53 bits per heavy atom. The predicted molar refractivity (Wildman–Crippen MR) is 64.4 cm³/mol. The molecule has 0 aromatic heterocycles. The van der Waals surface area contributed by atoms with Gasteiger partial charge in [0.05, 0.1) is 33.3 Å². The van der Waals surface area contributed by atoms with E-state index < -0.39 is 23.8 Å². The van der Waals surface area contributed by atoms with Crippen LogP contribution in [-0.2, 0) is 4.79 Å². The second-order valence-corrected chi connectivity index (χ2v) is 3.92. The summed E-state index contributed by atoms with van der Waals surface area (Å²) in [5.74, 6) is -1.34. The van der Waals surface area contributed by atoms with Gasteiger partial charge in [-0.3, -0.25) is 14.4 Å². The van der Waals surface area contributed by atoms with E-state index in [0.29, 0.717) is 0 Å². The molecule has 0 aliphatic heterocycles. The normalized spacial score (nSPS) is 14.2. The molecule has 0 heterocycles. The zero-order valence-corrected chi connectivity index (χ0v) is 10.7. The molecule has 1 aromatic carbocycles. The van der Waals surface area contributed by atoms with Crippen LogP contribution in [0.25, 0.3) is 0 Å². The van der Waals surface area contributed by atoms with Crippen molar-refractivity contribution in [2.45, 2.75) is 6.42 Å².